The summed E-state index contributed by atoms with van der Waals surface area (Å²) < 4.78 is 13.0. The molecule has 2 heterocycles. The Morgan fingerprint density at radius 1 is 1.11 bits per heavy atom. The average molecular weight is 255 g/mol. The van der Waals surface area contributed by atoms with Gasteiger partial charge in [-0.15, -0.1) is 0 Å². The number of hydrogen-bond donors (Lipinski definition) is 2. The number of nitrogens with zero attached hydrogens (tertiary/aromatic N) is 1. The predicted octanol–water partition coefficient (Wildman–Crippen LogP) is 2.72. The largest absolute Gasteiger partial charge is 0.327 e. The van der Waals surface area contributed by atoms with Gasteiger partial charge in [0.25, 0.3) is 0 Å². The molecule has 4 heteroatoms. The van der Waals surface area contributed by atoms with E-state index in [-0.39, 0.29) is 11.9 Å². The van der Waals surface area contributed by atoms with Crippen LogP contribution in [0.2, 0.25) is 0 Å². The lowest BCUT2D eigenvalue weighted by Crippen LogP contribution is -2.25. The van der Waals surface area contributed by atoms with Crippen LogP contribution in [0.1, 0.15) is 23.0 Å². The highest BCUT2D eigenvalue weighted by molar-refractivity contribution is 5.71. The minimum Gasteiger partial charge on any atom is -0.327 e. The molecule has 0 saturated heterocycles. The van der Waals surface area contributed by atoms with E-state index in [0.29, 0.717) is 0 Å². The number of hydrogen-bond acceptors (Lipinski definition) is 3. The molecule has 0 amide bonds. The lowest BCUT2D eigenvalue weighted by Gasteiger charge is -2.15. The summed E-state index contributed by atoms with van der Waals surface area (Å²) in [4.78, 5) is 4.53. The fourth-order valence-corrected chi connectivity index (χ4v) is 2.21. The van der Waals surface area contributed by atoms with Gasteiger partial charge in [-0.25, -0.2) is 9.82 Å². The zero-order valence-electron chi connectivity index (χ0n) is 10.5. The zero-order valence-corrected chi connectivity index (χ0v) is 10.5. The fraction of sp³-hybridized carbons (Fsp3) is 0.133. The molecule has 0 radical (unpaired) electrons. The van der Waals surface area contributed by atoms with Crippen LogP contribution >= 0.6 is 0 Å². The molecule has 0 aliphatic carbocycles. The maximum Gasteiger partial charge on any atom is 0.123 e. The van der Waals surface area contributed by atoms with Gasteiger partial charge in [-0.2, -0.15) is 0 Å². The minimum atomic E-state index is -0.228. The van der Waals surface area contributed by atoms with Crippen LogP contribution in [-0.2, 0) is 0 Å². The van der Waals surface area contributed by atoms with Crippen molar-refractivity contribution >= 4 is 5.57 Å². The van der Waals surface area contributed by atoms with Crippen LogP contribution in [0.15, 0.2) is 48.7 Å². The third kappa shape index (κ3) is 2.35. The van der Waals surface area contributed by atoms with Crippen LogP contribution in [0.4, 0.5) is 4.39 Å². The molecule has 1 aliphatic heterocycles. The third-order valence-electron chi connectivity index (χ3n) is 3.15. The normalized spacial score (nSPS) is 18.0. The van der Waals surface area contributed by atoms with E-state index in [1.165, 1.54) is 12.1 Å². The van der Waals surface area contributed by atoms with E-state index < -0.39 is 0 Å². The summed E-state index contributed by atoms with van der Waals surface area (Å²) in [7, 11) is 0. The van der Waals surface area contributed by atoms with Crippen molar-refractivity contribution in [2.45, 2.75) is 13.0 Å². The Morgan fingerprint density at radius 2 is 1.89 bits per heavy atom. The van der Waals surface area contributed by atoms with Gasteiger partial charge in [0.2, 0.25) is 0 Å². The number of benzene rings is 1. The molecule has 96 valence electrons. The molecule has 0 bridgehead atoms. The molecule has 1 atom stereocenters. The Labute approximate surface area is 111 Å². The van der Waals surface area contributed by atoms with Gasteiger partial charge in [-0.3, -0.25) is 4.98 Å². The molecule has 0 spiro atoms. The van der Waals surface area contributed by atoms with E-state index in [1.807, 2.05) is 31.3 Å². The molecule has 1 aromatic heterocycles. The summed E-state index contributed by atoms with van der Waals surface area (Å²) >= 11 is 0. The second-order valence-corrected chi connectivity index (χ2v) is 4.53. The van der Waals surface area contributed by atoms with E-state index in [0.717, 1.165) is 22.5 Å². The van der Waals surface area contributed by atoms with Gasteiger partial charge >= 0.3 is 0 Å². The minimum absolute atomic E-state index is 0.0228. The van der Waals surface area contributed by atoms with E-state index in [9.17, 15) is 4.39 Å². The van der Waals surface area contributed by atoms with E-state index >= 15 is 0 Å². The van der Waals surface area contributed by atoms with E-state index in [1.54, 1.807) is 12.1 Å². The Kier molecular flexibility index (Phi) is 3.01. The van der Waals surface area contributed by atoms with Gasteiger partial charge in [0.1, 0.15) is 5.82 Å². The first kappa shape index (κ1) is 11.9. The van der Waals surface area contributed by atoms with Crippen molar-refractivity contribution in [1.82, 2.24) is 15.8 Å². The van der Waals surface area contributed by atoms with Gasteiger partial charge < -0.3 is 5.43 Å². The highest BCUT2D eigenvalue weighted by Gasteiger charge is 2.23. The molecule has 3 rings (SSSR count). The van der Waals surface area contributed by atoms with Gasteiger partial charge in [0.05, 0.1) is 11.7 Å². The van der Waals surface area contributed by atoms with Crippen molar-refractivity contribution in [1.29, 1.82) is 0 Å². The van der Waals surface area contributed by atoms with E-state index in [4.69, 9.17) is 0 Å². The van der Waals surface area contributed by atoms with Crippen LogP contribution < -0.4 is 10.9 Å². The molecule has 1 aromatic carbocycles. The summed E-state index contributed by atoms with van der Waals surface area (Å²) in [6.07, 6.45) is 1.89. The maximum absolute atomic E-state index is 13.0. The summed E-state index contributed by atoms with van der Waals surface area (Å²) in [6, 6.07) is 12.4. The van der Waals surface area contributed by atoms with Crippen molar-refractivity contribution in [2.75, 3.05) is 0 Å². The van der Waals surface area contributed by atoms with Crippen molar-refractivity contribution in [2.24, 2.45) is 0 Å². The smallest absolute Gasteiger partial charge is 0.123 e. The molecule has 19 heavy (non-hydrogen) atoms. The molecule has 3 nitrogen and oxygen atoms in total. The molecular weight excluding hydrogens is 241 g/mol. The standard InChI is InChI=1S/C15H14FN3/c1-10-3-2-4-14(18-10)15-13(9-17-19-15)11-5-7-12(16)8-6-11/h2-9,15,17,19H,1H3. The molecule has 1 aliphatic rings. The second-order valence-electron chi connectivity index (χ2n) is 4.53. The number of halogens is 1. The highest BCUT2D eigenvalue weighted by Crippen LogP contribution is 2.30. The second kappa shape index (κ2) is 4.82. The van der Waals surface area contributed by atoms with Crippen molar-refractivity contribution in [3.63, 3.8) is 0 Å². The third-order valence-corrected chi connectivity index (χ3v) is 3.15. The quantitative estimate of drug-likeness (QED) is 0.866. The number of nitrogens with one attached hydrogen (secondary N) is 2. The summed E-state index contributed by atoms with van der Waals surface area (Å²) in [5.74, 6) is -0.228. The van der Waals surface area contributed by atoms with Gasteiger partial charge in [-0.05, 0) is 36.8 Å². The molecular formula is C15H14FN3. The Morgan fingerprint density at radius 3 is 2.63 bits per heavy atom. The van der Waals surface area contributed by atoms with Crippen molar-refractivity contribution < 1.29 is 4.39 Å². The molecule has 0 fully saturated rings. The number of aromatic nitrogens is 1. The number of hydrazine groups is 1. The van der Waals surface area contributed by atoms with Crippen molar-refractivity contribution in [3.8, 4) is 0 Å². The first-order valence-corrected chi connectivity index (χ1v) is 6.14. The maximum atomic E-state index is 13.0. The number of aryl methyl sites for hydroxylation is 1. The Bertz CT molecular complexity index is 620. The summed E-state index contributed by atoms with van der Waals surface area (Å²) in [6.45, 7) is 1.97. The predicted molar refractivity (Wildman–Crippen MR) is 72.4 cm³/mol. The van der Waals surface area contributed by atoms with Crippen LogP contribution in [0.5, 0.6) is 0 Å². The molecule has 2 N–H and O–H groups in total. The summed E-state index contributed by atoms with van der Waals surface area (Å²) in [5.41, 5.74) is 10.1. The Hall–Kier alpha value is -2.20. The van der Waals surface area contributed by atoms with E-state index in [2.05, 4.69) is 15.8 Å². The lowest BCUT2D eigenvalue weighted by atomic mass is 9.98. The molecule has 1 unspecified atom stereocenters. The number of rotatable bonds is 2. The average Bonchev–Trinajstić information content (AvgIpc) is 2.89. The monoisotopic (exact) mass is 255 g/mol. The van der Waals surface area contributed by atoms with Crippen LogP contribution in [0.3, 0.4) is 0 Å². The van der Waals surface area contributed by atoms with Gasteiger partial charge in [0.15, 0.2) is 0 Å². The van der Waals surface area contributed by atoms with Crippen LogP contribution in [0.25, 0.3) is 5.57 Å². The zero-order chi connectivity index (χ0) is 13.2. The first-order valence-electron chi connectivity index (χ1n) is 6.14. The molecule has 0 saturated carbocycles. The van der Waals surface area contributed by atoms with Crippen LogP contribution in [0, 0.1) is 12.7 Å². The topological polar surface area (TPSA) is 37.0 Å². The Balaban J connectivity index is 1.95. The lowest BCUT2D eigenvalue weighted by molar-refractivity contribution is 0.603. The van der Waals surface area contributed by atoms with Crippen molar-refractivity contribution in [3.05, 3.63) is 71.4 Å². The van der Waals surface area contributed by atoms with Crippen LogP contribution in [-0.4, -0.2) is 4.98 Å². The fourth-order valence-electron chi connectivity index (χ4n) is 2.21. The molecule has 2 aromatic rings. The van der Waals surface area contributed by atoms with Gasteiger partial charge in [-0.1, -0.05) is 18.2 Å². The summed E-state index contributed by atoms with van der Waals surface area (Å²) in [5, 5.41) is 0. The SMILES string of the molecule is Cc1cccc(C2NNC=C2c2ccc(F)cc2)n1. The first-order chi connectivity index (χ1) is 9.24. The highest BCUT2D eigenvalue weighted by atomic mass is 19.1. The van der Waals surface area contributed by atoms with Gasteiger partial charge in [0, 0.05) is 17.5 Å². The number of pyridine rings is 1.